The van der Waals surface area contributed by atoms with Crippen LogP contribution in [0.4, 0.5) is 0 Å². The van der Waals surface area contributed by atoms with Crippen molar-refractivity contribution in [3.63, 3.8) is 0 Å². The van der Waals surface area contributed by atoms with Crippen LogP contribution in [0.1, 0.15) is 19.8 Å². The molecule has 3 unspecified atom stereocenters. The van der Waals surface area contributed by atoms with E-state index >= 15 is 0 Å². The second-order valence-corrected chi connectivity index (χ2v) is 5.97. The number of hydrogen-bond acceptors (Lipinski definition) is 4. The predicted octanol–water partition coefficient (Wildman–Crippen LogP) is 0.709. The van der Waals surface area contributed by atoms with E-state index in [1.54, 1.807) is 7.11 Å². The zero-order chi connectivity index (χ0) is 12.3. The smallest absolute Gasteiger partial charge is 0.0624 e. The lowest BCUT2D eigenvalue weighted by Crippen LogP contribution is -2.49. The van der Waals surface area contributed by atoms with Crippen molar-refractivity contribution in [3.8, 4) is 0 Å². The number of piperidine rings is 1. The lowest BCUT2D eigenvalue weighted by molar-refractivity contribution is 0.0589. The molecule has 0 saturated carbocycles. The molecule has 2 aliphatic rings. The monoisotopic (exact) mass is 242 g/mol. The van der Waals surface area contributed by atoms with Crippen LogP contribution in [0.15, 0.2) is 0 Å². The Morgan fingerprint density at radius 3 is 3.00 bits per heavy atom. The molecule has 0 radical (unpaired) electrons. The zero-order valence-corrected chi connectivity index (χ0v) is 11.2. The summed E-state index contributed by atoms with van der Waals surface area (Å²) in [6.45, 7) is 8.07. The maximum absolute atomic E-state index is 6.15. The molecule has 3 atom stereocenters. The van der Waals surface area contributed by atoms with Crippen LogP contribution < -0.4 is 5.73 Å². The maximum atomic E-state index is 6.15. The predicted molar refractivity (Wildman–Crippen MR) is 67.9 cm³/mol. The Bertz CT molecular complexity index is 248. The van der Waals surface area contributed by atoms with Gasteiger partial charge in [0.05, 0.1) is 19.8 Å². The molecule has 17 heavy (non-hydrogen) atoms. The van der Waals surface area contributed by atoms with E-state index in [9.17, 15) is 0 Å². The highest BCUT2D eigenvalue weighted by Crippen LogP contribution is 2.30. The summed E-state index contributed by atoms with van der Waals surface area (Å²) in [5.74, 6) is 0.691. The molecule has 4 heteroatoms. The van der Waals surface area contributed by atoms with E-state index in [0.717, 1.165) is 26.3 Å². The van der Waals surface area contributed by atoms with Gasteiger partial charge >= 0.3 is 0 Å². The van der Waals surface area contributed by atoms with Crippen molar-refractivity contribution < 1.29 is 9.47 Å². The third-order valence-electron chi connectivity index (χ3n) is 4.21. The number of likely N-dealkylation sites (tertiary alicyclic amines) is 1. The molecule has 100 valence electrons. The zero-order valence-electron chi connectivity index (χ0n) is 11.2. The number of nitrogens with two attached hydrogens (primary N) is 1. The third kappa shape index (κ3) is 3.19. The van der Waals surface area contributed by atoms with Crippen LogP contribution in [0.2, 0.25) is 0 Å². The topological polar surface area (TPSA) is 47.7 Å². The Balaban J connectivity index is 1.85. The number of nitrogens with zero attached hydrogens (tertiary/aromatic N) is 1. The molecule has 2 rings (SSSR count). The second kappa shape index (κ2) is 5.65. The fraction of sp³-hybridized carbons (Fsp3) is 1.00. The maximum Gasteiger partial charge on any atom is 0.0624 e. The van der Waals surface area contributed by atoms with Gasteiger partial charge in [-0.2, -0.15) is 0 Å². The average Bonchev–Trinajstić information content (AvgIpc) is 2.60. The van der Waals surface area contributed by atoms with Gasteiger partial charge in [0.2, 0.25) is 0 Å². The minimum atomic E-state index is 0.134. The molecule has 0 bridgehead atoms. The van der Waals surface area contributed by atoms with Gasteiger partial charge < -0.3 is 20.1 Å². The lowest BCUT2D eigenvalue weighted by Gasteiger charge is -2.38. The van der Waals surface area contributed by atoms with E-state index in [1.165, 1.54) is 19.4 Å². The van der Waals surface area contributed by atoms with Crippen molar-refractivity contribution >= 4 is 0 Å². The Morgan fingerprint density at radius 1 is 1.53 bits per heavy atom. The largest absolute Gasteiger partial charge is 0.384 e. The highest BCUT2D eigenvalue weighted by atomic mass is 16.5. The van der Waals surface area contributed by atoms with Gasteiger partial charge in [0.15, 0.2) is 0 Å². The molecular formula is C13H26N2O2. The van der Waals surface area contributed by atoms with Crippen LogP contribution in [-0.2, 0) is 9.47 Å². The number of ether oxygens (including phenoxy) is 2. The van der Waals surface area contributed by atoms with E-state index in [-0.39, 0.29) is 11.5 Å². The second-order valence-electron chi connectivity index (χ2n) is 5.97. The van der Waals surface area contributed by atoms with Crippen molar-refractivity contribution in [2.24, 2.45) is 17.1 Å². The van der Waals surface area contributed by atoms with Crippen molar-refractivity contribution in [1.29, 1.82) is 0 Å². The van der Waals surface area contributed by atoms with Crippen molar-refractivity contribution in [1.82, 2.24) is 4.90 Å². The summed E-state index contributed by atoms with van der Waals surface area (Å²) < 4.78 is 10.8. The fourth-order valence-electron chi connectivity index (χ4n) is 3.07. The van der Waals surface area contributed by atoms with Crippen LogP contribution in [0, 0.1) is 11.3 Å². The molecule has 0 aromatic heterocycles. The first kappa shape index (κ1) is 13.3. The van der Waals surface area contributed by atoms with Crippen LogP contribution in [-0.4, -0.2) is 57.5 Å². The molecule has 2 fully saturated rings. The van der Waals surface area contributed by atoms with Crippen molar-refractivity contribution in [2.45, 2.75) is 25.8 Å². The first-order valence-electron chi connectivity index (χ1n) is 6.69. The molecular weight excluding hydrogens is 216 g/mol. The molecule has 0 aliphatic carbocycles. The van der Waals surface area contributed by atoms with Crippen LogP contribution >= 0.6 is 0 Å². The number of rotatable bonds is 4. The molecule has 0 amide bonds. The highest BCUT2D eigenvalue weighted by Gasteiger charge is 2.39. The summed E-state index contributed by atoms with van der Waals surface area (Å²) >= 11 is 0. The molecule has 2 saturated heterocycles. The van der Waals surface area contributed by atoms with Crippen molar-refractivity contribution in [3.05, 3.63) is 0 Å². The highest BCUT2D eigenvalue weighted by molar-refractivity contribution is 4.93. The molecule has 2 aliphatic heterocycles. The van der Waals surface area contributed by atoms with E-state index in [0.29, 0.717) is 12.5 Å². The van der Waals surface area contributed by atoms with Gasteiger partial charge in [-0.1, -0.05) is 6.92 Å². The third-order valence-corrected chi connectivity index (χ3v) is 4.21. The Kier molecular flexibility index (Phi) is 4.42. The number of hydrogen-bond donors (Lipinski definition) is 1. The van der Waals surface area contributed by atoms with E-state index in [1.807, 2.05) is 0 Å². The van der Waals surface area contributed by atoms with Crippen LogP contribution in [0.3, 0.4) is 0 Å². The average molecular weight is 242 g/mol. The van der Waals surface area contributed by atoms with Gasteiger partial charge in [0.25, 0.3) is 0 Å². The lowest BCUT2D eigenvalue weighted by atomic mass is 9.84. The molecule has 2 heterocycles. The van der Waals surface area contributed by atoms with Gasteiger partial charge in [0.1, 0.15) is 0 Å². The molecule has 0 aromatic carbocycles. The van der Waals surface area contributed by atoms with E-state index < -0.39 is 0 Å². The standard InChI is InChI=1S/C13H26N2O2/c1-13(10-17-8-12(13)14)9-15-5-3-4-11(6-15)7-16-2/h11-12H,3-10,14H2,1-2H3. The normalized spacial score (nSPS) is 39.7. The minimum Gasteiger partial charge on any atom is -0.384 e. The molecule has 0 aromatic rings. The van der Waals surface area contributed by atoms with E-state index in [4.69, 9.17) is 15.2 Å². The Labute approximate surface area is 104 Å². The SMILES string of the molecule is COCC1CCCN(CC2(C)COCC2N)C1. The van der Waals surface area contributed by atoms with Crippen molar-refractivity contribution in [2.75, 3.05) is 46.6 Å². The van der Waals surface area contributed by atoms with Gasteiger partial charge in [-0.3, -0.25) is 0 Å². The summed E-state index contributed by atoms with van der Waals surface area (Å²) in [6.07, 6.45) is 2.57. The summed E-state index contributed by atoms with van der Waals surface area (Å²) in [6, 6.07) is 0.185. The quantitative estimate of drug-likeness (QED) is 0.789. The fourth-order valence-corrected chi connectivity index (χ4v) is 3.07. The van der Waals surface area contributed by atoms with Crippen LogP contribution in [0.5, 0.6) is 0 Å². The number of methoxy groups -OCH3 is 1. The summed E-state index contributed by atoms with van der Waals surface area (Å²) in [4.78, 5) is 2.54. The summed E-state index contributed by atoms with van der Waals surface area (Å²) in [5.41, 5.74) is 6.28. The summed E-state index contributed by atoms with van der Waals surface area (Å²) in [5, 5.41) is 0. The van der Waals surface area contributed by atoms with Gasteiger partial charge in [-0.15, -0.1) is 0 Å². The molecule has 2 N–H and O–H groups in total. The van der Waals surface area contributed by atoms with Gasteiger partial charge in [-0.05, 0) is 25.3 Å². The Morgan fingerprint density at radius 2 is 2.35 bits per heavy atom. The van der Waals surface area contributed by atoms with Crippen LogP contribution in [0.25, 0.3) is 0 Å². The Hall–Kier alpha value is -0.160. The minimum absolute atomic E-state index is 0.134. The van der Waals surface area contributed by atoms with Gasteiger partial charge in [-0.25, -0.2) is 0 Å². The first-order valence-corrected chi connectivity index (χ1v) is 6.69. The van der Waals surface area contributed by atoms with E-state index in [2.05, 4.69) is 11.8 Å². The first-order chi connectivity index (χ1) is 8.14. The summed E-state index contributed by atoms with van der Waals surface area (Å²) in [7, 11) is 1.79. The molecule has 0 spiro atoms. The molecule has 4 nitrogen and oxygen atoms in total. The van der Waals surface area contributed by atoms with Gasteiger partial charge in [0, 0.05) is 31.7 Å².